The van der Waals surface area contributed by atoms with Gasteiger partial charge in [-0.05, 0) is 25.0 Å². The Hall–Kier alpha value is -3.04. The van der Waals surface area contributed by atoms with Crippen LogP contribution < -0.4 is 10.2 Å². The normalized spacial score (nSPS) is 15.9. The Labute approximate surface area is 152 Å². The lowest BCUT2D eigenvalue weighted by Crippen LogP contribution is -2.39. The Balaban J connectivity index is 1.44. The fraction of sp³-hybridized carbons (Fsp3) is 0.353. The molecule has 1 saturated heterocycles. The Kier molecular flexibility index (Phi) is 4.46. The molecule has 0 aliphatic carbocycles. The summed E-state index contributed by atoms with van der Waals surface area (Å²) in [5, 5.41) is 3.97. The van der Waals surface area contributed by atoms with Crippen LogP contribution in [0.2, 0.25) is 0 Å². The summed E-state index contributed by atoms with van der Waals surface area (Å²) in [6.45, 7) is 1.44. The highest BCUT2D eigenvalue weighted by Gasteiger charge is 2.33. The predicted molar refractivity (Wildman–Crippen MR) is 93.2 cm³/mol. The lowest BCUT2D eigenvalue weighted by Gasteiger charge is -2.33. The predicted octanol–water partition coefficient (Wildman–Crippen LogP) is 2.91. The number of hydrogen-bond acceptors (Lipinski definition) is 7. The van der Waals surface area contributed by atoms with Gasteiger partial charge in [-0.2, -0.15) is 13.2 Å². The Morgan fingerprint density at radius 3 is 2.56 bits per heavy atom. The van der Waals surface area contributed by atoms with Gasteiger partial charge in [-0.25, -0.2) is 24.9 Å². The maximum Gasteiger partial charge on any atom is 0.433 e. The van der Waals surface area contributed by atoms with Crippen LogP contribution in [-0.2, 0) is 6.18 Å². The average molecular weight is 375 g/mol. The lowest BCUT2D eigenvalue weighted by atomic mass is 10.0. The van der Waals surface area contributed by atoms with E-state index in [4.69, 9.17) is 0 Å². The number of hydrogen-bond donors (Lipinski definition) is 1. The van der Waals surface area contributed by atoms with Crippen molar-refractivity contribution in [2.45, 2.75) is 25.1 Å². The Bertz CT molecular complexity index is 934. The van der Waals surface area contributed by atoms with Crippen molar-refractivity contribution in [3.05, 3.63) is 42.7 Å². The molecule has 3 aromatic rings. The molecule has 1 aliphatic rings. The number of anilines is 2. The third-order valence-corrected chi connectivity index (χ3v) is 4.49. The van der Waals surface area contributed by atoms with E-state index in [2.05, 4.69) is 35.1 Å². The Morgan fingerprint density at radius 2 is 1.78 bits per heavy atom. The molecule has 1 fully saturated rings. The standard InChI is InChI=1S/C17H16F3N7/c18-17(19,20)13-8-14(23-9-22-13)26-11-3-6-27(7-4-11)16-12-2-1-5-21-15(12)24-10-25-16/h1-2,5,8-11H,3-4,6-7H2,(H,22,23,26). The van der Waals surface area contributed by atoms with E-state index in [0.29, 0.717) is 5.65 Å². The molecule has 0 unspecified atom stereocenters. The van der Waals surface area contributed by atoms with Crippen molar-refractivity contribution < 1.29 is 13.2 Å². The van der Waals surface area contributed by atoms with Crippen molar-refractivity contribution in [3.8, 4) is 0 Å². The van der Waals surface area contributed by atoms with Crippen LogP contribution in [0.1, 0.15) is 18.5 Å². The molecule has 1 aliphatic heterocycles. The first-order chi connectivity index (χ1) is 13.0. The molecule has 10 heteroatoms. The number of rotatable bonds is 3. The van der Waals surface area contributed by atoms with Crippen LogP contribution in [0.3, 0.4) is 0 Å². The zero-order valence-electron chi connectivity index (χ0n) is 14.2. The molecule has 0 radical (unpaired) electrons. The van der Waals surface area contributed by atoms with Crippen molar-refractivity contribution in [2.24, 2.45) is 0 Å². The summed E-state index contributed by atoms with van der Waals surface area (Å²) in [5.74, 6) is 1.01. The van der Waals surface area contributed by atoms with Crippen molar-refractivity contribution >= 4 is 22.7 Å². The molecule has 4 heterocycles. The molecule has 0 bridgehead atoms. The quantitative estimate of drug-likeness (QED) is 0.754. The van der Waals surface area contributed by atoms with Gasteiger partial charge in [0.05, 0.1) is 5.39 Å². The highest BCUT2D eigenvalue weighted by Crippen LogP contribution is 2.29. The van der Waals surface area contributed by atoms with Gasteiger partial charge >= 0.3 is 6.18 Å². The molecule has 0 atom stereocenters. The summed E-state index contributed by atoms with van der Waals surface area (Å²) >= 11 is 0. The second kappa shape index (κ2) is 6.93. The number of fused-ring (bicyclic) bond motifs is 1. The van der Waals surface area contributed by atoms with Gasteiger partial charge in [-0.3, -0.25) is 0 Å². The SMILES string of the molecule is FC(F)(F)c1cc(NC2CCN(c3ncnc4ncccc34)CC2)ncn1. The maximum atomic E-state index is 12.8. The summed E-state index contributed by atoms with van der Waals surface area (Å²) in [6.07, 6.45) is 1.13. The van der Waals surface area contributed by atoms with Gasteiger partial charge < -0.3 is 10.2 Å². The van der Waals surface area contributed by atoms with Gasteiger partial charge in [-0.1, -0.05) is 0 Å². The first kappa shape index (κ1) is 17.4. The van der Waals surface area contributed by atoms with Crippen LogP contribution in [-0.4, -0.2) is 44.1 Å². The number of nitrogens with zero attached hydrogens (tertiary/aromatic N) is 6. The molecule has 0 amide bonds. The van der Waals surface area contributed by atoms with E-state index < -0.39 is 11.9 Å². The van der Waals surface area contributed by atoms with Gasteiger partial charge in [-0.15, -0.1) is 0 Å². The Morgan fingerprint density at radius 1 is 1.00 bits per heavy atom. The van der Waals surface area contributed by atoms with Crippen molar-refractivity contribution in [1.29, 1.82) is 0 Å². The van der Waals surface area contributed by atoms with Crippen molar-refractivity contribution in [2.75, 3.05) is 23.3 Å². The van der Waals surface area contributed by atoms with E-state index in [1.165, 1.54) is 6.33 Å². The van der Waals surface area contributed by atoms with E-state index in [0.717, 1.165) is 49.5 Å². The maximum absolute atomic E-state index is 12.8. The smallest absolute Gasteiger partial charge is 0.367 e. The average Bonchev–Trinajstić information content (AvgIpc) is 2.68. The number of aromatic nitrogens is 5. The molecule has 27 heavy (non-hydrogen) atoms. The first-order valence-corrected chi connectivity index (χ1v) is 8.47. The van der Waals surface area contributed by atoms with Crippen molar-refractivity contribution in [3.63, 3.8) is 0 Å². The van der Waals surface area contributed by atoms with E-state index >= 15 is 0 Å². The molecule has 0 saturated carbocycles. The number of nitrogens with one attached hydrogen (secondary N) is 1. The van der Waals surface area contributed by atoms with Crippen LogP contribution in [0.15, 0.2) is 37.1 Å². The summed E-state index contributed by atoms with van der Waals surface area (Å²) in [7, 11) is 0. The van der Waals surface area contributed by atoms with Gasteiger partial charge in [0.25, 0.3) is 0 Å². The topological polar surface area (TPSA) is 79.7 Å². The number of halogens is 3. The zero-order chi connectivity index (χ0) is 18.9. The van der Waals surface area contributed by atoms with Gasteiger partial charge in [0.2, 0.25) is 0 Å². The van der Waals surface area contributed by atoms with E-state index in [1.54, 1.807) is 6.20 Å². The largest absolute Gasteiger partial charge is 0.433 e. The van der Waals surface area contributed by atoms with Crippen LogP contribution in [0, 0.1) is 0 Å². The highest BCUT2D eigenvalue weighted by atomic mass is 19.4. The number of pyridine rings is 1. The minimum absolute atomic E-state index is 0.0310. The van der Waals surface area contributed by atoms with Crippen LogP contribution in [0.25, 0.3) is 11.0 Å². The summed E-state index contributed by atoms with van der Waals surface area (Å²) in [4.78, 5) is 22.1. The number of alkyl halides is 3. The second-order valence-corrected chi connectivity index (χ2v) is 6.26. The minimum atomic E-state index is -4.48. The minimum Gasteiger partial charge on any atom is -0.367 e. The molecule has 4 rings (SSSR count). The number of piperidine rings is 1. The summed E-state index contributed by atoms with van der Waals surface area (Å²) < 4.78 is 38.3. The third-order valence-electron chi connectivity index (χ3n) is 4.49. The fourth-order valence-corrected chi connectivity index (χ4v) is 3.17. The van der Waals surface area contributed by atoms with Gasteiger partial charge in [0.1, 0.15) is 30.0 Å². The summed E-state index contributed by atoms with van der Waals surface area (Å²) in [5.41, 5.74) is -0.305. The molecule has 1 N–H and O–H groups in total. The van der Waals surface area contributed by atoms with E-state index in [-0.39, 0.29) is 11.9 Å². The molecule has 7 nitrogen and oxygen atoms in total. The van der Waals surface area contributed by atoms with Gasteiger partial charge in [0, 0.05) is 31.4 Å². The molecular weight excluding hydrogens is 359 g/mol. The highest BCUT2D eigenvalue weighted by molar-refractivity contribution is 5.86. The molecule has 0 aromatic carbocycles. The molecule has 0 spiro atoms. The molecule has 3 aromatic heterocycles. The van der Waals surface area contributed by atoms with Gasteiger partial charge in [0.15, 0.2) is 5.65 Å². The second-order valence-electron chi connectivity index (χ2n) is 6.26. The third kappa shape index (κ3) is 3.74. The zero-order valence-corrected chi connectivity index (χ0v) is 14.2. The monoisotopic (exact) mass is 375 g/mol. The molecule has 140 valence electrons. The molecular formula is C17H16F3N7. The van der Waals surface area contributed by atoms with E-state index in [1.807, 2.05) is 12.1 Å². The fourth-order valence-electron chi connectivity index (χ4n) is 3.17. The van der Waals surface area contributed by atoms with Crippen LogP contribution in [0.4, 0.5) is 24.8 Å². The van der Waals surface area contributed by atoms with E-state index in [9.17, 15) is 13.2 Å². The lowest BCUT2D eigenvalue weighted by molar-refractivity contribution is -0.141. The van der Waals surface area contributed by atoms with Crippen molar-refractivity contribution in [1.82, 2.24) is 24.9 Å². The van der Waals surface area contributed by atoms with Crippen LogP contribution in [0.5, 0.6) is 0 Å². The summed E-state index contributed by atoms with van der Waals surface area (Å²) in [6, 6.07) is 4.75. The first-order valence-electron chi connectivity index (χ1n) is 8.47. The van der Waals surface area contributed by atoms with Crippen LogP contribution >= 0.6 is 0 Å².